The molecule has 0 aliphatic carbocycles. The van der Waals surface area contributed by atoms with Crippen molar-refractivity contribution in [1.82, 2.24) is 0 Å². The fourth-order valence-electron chi connectivity index (χ4n) is 2.00. The Hall–Kier alpha value is -0.890. The van der Waals surface area contributed by atoms with Crippen molar-refractivity contribution < 1.29 is 9.13 Å². The minimum Gasteiger partial charge on any atom is -0.370 e. The van der Waals surface area contributed by atoms with Gasteiger partial charge in [-0.1, -0.05) is 13.0 Å². The van der Waals surface area contributed by atoms with E-state index in [-0.39, 0.29) is 5.82 Å². The molecule has 0 N–H and O–H groups in total. The Kier molecular flexibility index (Phi) is 3.06. The molecule has 1 nitrogen and oxygen atoms in total. The van der Waals surface area contributed by atoms with Gasteiger partial charge >= 0.3 is 0 Å². The molecule has 0 aromatic heterocycles. The van der Waals surface area contributed by atoms with Crippen LogP contribution in [0.3, 0.4) is 0 Å². The van der Waals surface area contributed by atoms with Gasteiger partial charge in [0.2, 0.25) is 0 Å². The van der Waals surface area contributed by atoms with E-state index in [1.807, 2.05) is 13.0 Å². The summed E-state index contributed by atoms with van der Waals surface area (Å²) in [6.45, 7) is 4.16. The van der Waals surface area contributed by atoms with Crippen LogP contribution in [0.4, 0.5) is 4.39 Å². The van der Waals surface area contributed by atoms with E-state index in [0.717, 1.165) is 24.8 Å². The van der Waals surface area contributed by atoms with Crippen molar-refractivity contribution in [3.8, 4) is 0 Å². The molecule has 1 fully saturated rings. The molecule has 2 unspecified atom stereocenters. The van der Waals surface area contributed by atoms with E-state index in [1.165, 1.54) is 11.6 Å². The molecule has 2 atom stereocenters. The van der Waals surface area contributed by atoms with Crippen molar-refractivity contribution in [1.29, 1.82) is 0 Å². The summed E-state index contributed by atoms with van der Waals surface area (Å²) in [4.78, 5) is 0. The number of halogens is 1. The second-order valence-corrected chi connectivity index (χ2v) is 4.23. The molecule has 1 aliphatic rings. The fourth-order valence-corrected chi connectivity index (χ4v) is 2.00. The van der Waals surface area contributed by atoms with Crippen molar-refractivity contribution in [2.24, 2.45) is 0 Å². The summed E-state index contributed by atoms with van der Waals surface area (Å²) in [7, 11) is 0. The zero-order valence-electron chi connectivity index (χ0n) is 9.29. The van der Waals surface area contributed by atoms with Gasteiger partial charge < -0.3 is 4.74 Å². The van der Waals surface area contributed by atoms with E-state index in [2.05, 4.69) is 6.92 Å². The highest BCUT2D eigenvalue weighted by molar-refractivity contribution is 5.26. The smallest absolute Gasteiger partial charge is 0.123 e. The highest BCUT2D eigenvalue weighted by Crippen LogP contribution is 2.29. The van der Waals surface area contributed by atoms with Crippen LogP contribution in [0.2, 0.25) is 0 Å². The first-order valence-corrected chi connectivity index (χ1v) is 5.61. The number of benzene rings is 1. The summed E-state index contributed by atoms with van der Waals surface area (Å²) in [5.74, 6) is -0.139. The van der Waals surface area contributed by atoms with Gasteiger partial charge in [-0.15, -0.1) is 0 Å². The minimum absolute atomic E-state index is 0.139. The van der Waals surface area contributed by atoms with Crippen molar-refractivity contribution >= 4 is 0 Å². The number of ether oxygens (including phenoxy) is 1. The number of epoxide rings is 1. The molecule has 1 aromatic rings. The summed E-state index contributed by atoms with van der Waals surface area (Å²) in [6, 6.07) is 5.00. The van der Waals surface area contributed by atoms with Crippen LogP contribution in [0.1, 0.15) is 30.9 Å². The van der Waals surface area contributed by atoms with E-state index in [1.54, 1.807) is 6.07 Å². The van der Waals surface area contributed by atoms with E-state index in [4.69, 9.17) is 4.74 Å². The summed E-state index contributed by atoms with van der Waals surface area (Å²) < 4.78 is 18.5. The van der Waals surface area contributed by atoms with Gasteiger partial charge in [0, 0.05) is 0 Å². The topological polar surface area (TPSA) is 12.5 Å². The predicted octanol–water partition coefficient (Wildman–Crippen LogP) is 3.24. The Labute approximate surface area is 90.3 Å². The molecule has 1 aliphatic heterocycles. The molecule has 1 aromatic carbocycles. The molecule has 0 spiro atoms. The van der Waals surface area contributed by atoms with Crippen LogP contribution in [0, 0.1) is 12.7 Å². The SMILES string of the molecule is CCC1OC1CCc1cc(F)ccc1C. The van der Waals surface area contributed by atoms with E-state index in [0.29, 0.717) is 12.2 Å². The maximum Gasteiger partial charge on any atom is 0.123 e. The van der Waals surface area contributed by atoms with Crippen LogP contribution < -0.4 is 0 Å². The number of rotatable bonds is 4. The molecular formula is C13H17FO. The van der Waals surface area contributed by atoms with Crippen LogP contribution in [0.5, 0.6) is 0 Å². The van der Waals surface area contributed by atoms with Gasteiger partial charge in [-0.05, 0) is 49.4 Å². The van der Waals surface area contributed by atoms with Crippen molar-refractivity contribution in [2.45, 2.75) is 45.3 Å². The second-order valence-electron chi connectivity index (χ2n) is 4.23. The average Bonchev–Trinajstić information content (AvgIpc) is 2.98. The van der Waals surface area contributed by atoms with Gasteiger partial charge in [0.15, 0.2) is 0 Å². The summed E-state index contributed by atoms with van der Waals surface area (Å²) in [5, 5.41) is 0. The number of aryl methyl sites for hydroxylation is 2. The third-order valence-corrected chi connectivity index (χ3v) is 3.10. The first-order valence-electron chi connectivity index (χ1n) is 5.61. The Morgan fingerprint density at radius 2 is 2.13 bits per heavy atom. The molecular weight excluding hydrogens is 191 g/mol. The van der Waals surface area contributed by atoms with Gasteiger partial charge in [0.25, 0.3) is 0 Å². The maximum atomic E-state index is 13.0. The Morgan fingerprint density at radius 1 is 1.33 bits per heavy atom. The maximum absolute atomic E-state index is 13.0. The van der Waals surface area contributed by atoms with Crippen LogP contribution >= 0.6 is 0 Å². The lowest BCUT2D eigenvalue weighted by atomic mass is 10.0. The molecule has 0 radical (unpaired) electrons. The first-order chi connectivity index (χ1) is 7.20. The summed E-state index contributed by atoms with van der Waals surface area (Å²) in [5.41, 5.74) is 2.28. The van der Waals surface area contributed by atoms with Crippen molar-refractivity contribution in [3.63, 3.8) is 0 Å². The van der Waals surface area contributed by atoms with Crippen molar-refractivity contribution in [3.05, 3.63) is 35.1 Å². The monoisotopic (exact) mass is 208 g/mol. The van der Waals surface area contributed by atoms with E-state index >= 15 is 0 Å². The van der Waals surface area contributed by atoms with Gasteiger partial charge in [-0.2, -0.15) is 0 Å². The minimum atomic E-state index is -0.139. The molecule has 1 saturated heterocycles. The summed E-state index contributed by atoms with van der Waals surface area (Å²) >= 11 is 0. The molecule has 0 amide bonds. The normalized spacial score (nSPS) is 24.2. The van der Waals surface area contributed by atoms with E-state index < -0.39 is 0 Å². The van der Waals surface area contributed by atoms with Crippen molar-refractivity contribution in [2.75, 3.05) is 0 Å². The van der Waals surface area contributed by atoms with Crippen LogP contribution in [0.25, 0.3) is 0 Å². The lowest BCUT2D eigenvalue weighted by Crippen LogP contribution is -1.97. The quantitative estimate of drug-likeness (QED) is 0.692. The zero-order chi connectivity index (χ0) is 10.8. The predicted molar refractivity (Wildman–Crippen MR) is 58.4 cm³/mol. The Balaban J connectivity index is 1.91. The lowest BCUT2D eigenvalue weighted by Gasteiger charge is -2.04. The second kappa shape index (κ2) is 4.31. The average molecular weight is 208 g/mol. The Bertz CT molecular complexity index is 348. The third-order valence-electron chi connectivity index (χ3n) is 3.10. The molecule has 2 heteroatoms. The fraction of sp³-hybridized carbons (Fsp3) is 0.538. The van der Waals surface area contributed by atoms with Gasteiger partial charge in [-0.3, -0.25) is 0 Å². The number of hydrogen-bond donors (Lipinski definition) is 0. The van der Waals surface area contributed by atoms with Crippen LogP contribution in [0.15, 0.2) is 18.2 Å². The molecule has 82 valence electrons. The zero-order valence-corrected chi connectivity index (χ0v) is 9.29. The highest BCUT2D eigenvalue weighted by atomic mass is 19.1. The largest absolute Gasteiger partial charge is 0.370 e. The first kappa shape index (κ1) is 10.6. The lowest BCUT2D eigenvalue weighted by molar-refractivity contribution is 0.359. The van der Waals surface area contributed by atoms with E-state index in [9.17, 15) is 4.39 Å². The molecule has 1 heterocycles. The Morgan fingerprint density at radius 3 is 2.80 bits per heavy atom. The standard InChI is InChI=1S/C13H17FO/c1-3-12-13(15-12)7-5-10-8-11(14)6-4-9(10)2/h4,6,8,12-13H,3,5,7H2,1-2H3. The van der Waals surface area contributed by atoms with Gasteiger partial charge in [0.05, 0.1) is 12.2 Å². The van der Waals surface area contributed by atoms with Crippen LogP contribution in [-0.4, -0.2) is 12.2 Å². The van der Waals surface area contributed by atoms with Crippen LogP contribution in [-0.2, 0) is 11.2 Å². The summed E-state index contributed by atoms with van der Waals surface area (Å²) in [6.07, 6.45) is 3.90. The van der Waals surface area contributed by atoms with Gasteiger partial charge in [0.1, 0.15) is 5.82 Å². The van der Waals surface area contributed by atoms with Gasteiger partial charge in [-0.25, -0.2) is 4.39 Å². The molecule has 0 saturated carbocycles. The number of hydrogen-bond acceptors (Lipinski definition) is 1. The molecule has 15 heavy (non-hydrogen) atoms. The third kappa shape index (κ3) is 2.57. The molecule has 0 bridgehead atoms. The molecule has 2 rings (SSSR count). The highest BCUT2D eigenvalue weighted by Gasteiger charge is 2.36.